The van der Waals surface area contributed by atoms with E-state index in [0.29, 0.717) is 0 Å². The van der Waals surface area contributed by atoms with Crippen LogP contribution in [0, 0.1) is 0 Å². The average molecular weight is 305 g/mol. The molecule has 2 aromatic heterocycles. The molecule has 0 spiro atoms. The first-order chi connectivity index (χ1) is 9.72. The molecule has 1 aromatic carbocycles. The minimum Gasteiger partial charge on any atom is -0.286 e. The first kappa shape index (κ1) is 13.0. The van der Waals surface area contributed by atoms with Crippen molar-refractivity contribution in [2.24, 2.45) is 0 Å². The third-order valence-corrected chi connectivity index (χ3v) is 3.62. The van der Waals surface area contributed by atoms with Crippen LogP contribution >= 0.6 is 23.4 Å². The maximum absolute atomic E-state index is 11.8. The molecule has 0 bridgehead atoms. The van der Waals surface area contributed by atoms with Crippen molar-refractivity contribution in [2.45, 2.75) is 9.92 Å². The van der Waals surface area contributed by atoms with Crippen LogP contribution in [-0.2, 0) is 0 Å². The highest BCUT2D eigenvalue weighted by atomic mass is 35.5. The molecule has 0 saturated carbocycles. The summed E-state index contributed by atoms with van der Waals surface area (Å²) in [5.41, 5.74) is -0.284. The lowest BCUT2D eigenvalue weighted by atomic mass is 10.4. The van der Waals surface area contributed by atoms with Gasteiger partial charge in [0, 0.05) is 17.2 Å². The van der Waals surface area contributed by atoms with E-state index in [9.17, 15) is 4.79 Å². The van der Waals surface area contributed by atoms with E-state index in [4.69, 9.17) is 11.6 Å². The third kappa shape index (κ3) is 2.76. The van der Waals surface area contributed by atoms with Crippen molar-refractivity contribution in [3.05, 3.63) is 64.0 Å². The van der Waals surface area contributed by atoms with Crippen molar-refractivity contribution in [3.8, 4) is 5.82 Å². The van der Waals surface area contributed by atoms with Gasteiger partial charge in [-0.15, -0.1) is 0 Å². The van der Waals surface area contributed by atoms with Crippen LogP contribution in [0.1, 0.15) is 0 Å². The molecule has 3 rings (SSSR count). The molecule has 100 valence electrons. The Morgan fingerprint density at radius 2 is 2.00 bits per heavy atom. The van der Waals surface area contributed by atoms with Gasteiger partial charge >= 0.3 is 0 Å². The van der Waals surface area contributed by atoms with Gasteiger partial charge in [-0.05, 0) is 18.2 Å². The Balaban J connectivity index is 1.89. The summed E-state index contributed by atoms with van der Waals surface area (Å²) in [6, 6.07) is 13.0. The molecule has 3 aromatic rings. The number of aromatic nitrogens is 4. The Hall–Kier alpha value is -2.05. The third-order valence-electron chi connectivity index (χ3n) is 2.49. The Kier molecular flexibility index (Phi) is 3.58. The molecule has 0 amide bonds. The molecule has 7 heteroatoms. The van der Waals surface area contributed by atoms with Gasteiger partial charge in [0.2, 0.25) is 11.2 Å². The highest BCUT2D eigenvalue weighted by Gasteiger charge is 2.08. The first-order valence-electron chi connectivity index (χ1n) is 5.76. The molecule has 2 heterocycles. The number of rotatable bonds is 3. The number of halogens is 1. The molecule has 0 radical (unpaired) electrons. The van der Waals surface area contributed by atoms with Crippen molar-refractivity contribution in [3.63, 3.8) is 0 Å². The fraction of sp³-hybridized carbons (Fsp3) is 0. The topological polar surface area (TPSA) is 63.6 Å². The normalized spacial score (nSPS) is 10.7. The van der Waals surface area contributed by atoms with Gasteiger partial charge in [0.25, 0.3) is 0 Å². The highest BCUT2D eigenvalue weighted by Crippen LogP contribution is 2.25. The Morgan fingerprint density at radius 3 is 2.75 bits per heavy atom. The van der Waals surface area contributed by atoms with Crippen LogP contribution in [0.3, 0.4) is 0 Å². The van der Waals surface area contributed by atoms with Crippen LogP contribution in [0.5, 0.6) is 0 Å². The molecule has 0 fully saturated rings. The lowest BCUT2D eigenvalue weighted by Gasteiger charge is -1.99. The molecule has 0 aliphatic carbocycles. The van der Waals surface area contributed by atoms with Crippen molar-refractivity contribution >= 4 is 23.4 Å². The quantitative estimate of drug-likeness (QED) is 0.808. The molecule has 1 N–H and O–H groups in total. The average Bonchev–Trinajstić information content (AvgIpc) is 2.88. The van der Waals surface area contributed by atoms with Crippen molar-refractivity contribution in [1.29, 1.82) is 0 Å². The summed E-state index contributed by atoms with van der Waals surface area (Å²) in [4.78, 5) is 12.9. The van der Waals surface area contributed by atoms with Gasteiger partial charge in [0.15, 0.2) is 0 Å². The minimum absolute atomic E-state index is 0.189. The molecule has 0 unspecified atom stereocenters. The molecule has 0 saturated heterocycles. The van der Waals surface area contributed by atoms with Crippen LogP contribution in [0.15, 0.2) is 63.4 Å². The number of hydrogen-bond donors (Lipinski definition) is 1. The Morgan fingerprint density at radius 1 is 1.20 bits per heavy atom. The van der Waals surface area contributed by atoms with Crippen LogP contribution in [-0.4, -0.2) is 20.0 Å². The van der Waals surface area contributed by atoms with Gasteiger partial charge < -0.3 is 0 Å². The molecular weight excluding hydrogens is 296 g/mol. The summed E-state index contributed by atoms with van der Waals surface area (Å²) in [5, 5.41) is 11.7. The number of hydrogen-bond acceptors (Lipinski definition) is 4. The second-order valence-electron chi connectivity index (χ2n) is 3.92. The molecule has 0 aliphatic rings. The van der Waals surface area contributed by atoms with E-state index in [1.807, 2.05) is 36.4 Å². The summed E-state index contributed by atoms with van der Waals surface area (Å²) in [6.07, 6.45) is 1.69. The summed E-state index contributed by atoms with van der Waals surface area (Å²) in [7, 11) is 0. The van der Waals surface area contributed by atoms with Gasteiger partial charge in [-0.1, -0.05) is 41.6 Å². The van der Waals surface area contributed by atoms with E-state index in [0.717, 1.165) is 9.92 Å². The molecular formula is C13H9ClN4OS. The Labute approximate surface area is 123 Å². The van der Waals surface area contributed by atoms with Gasteiger partial charge in [0.05, 0.1) is 0 Å². The summed E-state index contributed by atoms with van der Waals surface area (Å²) in [6.45, 7) is 0. The largest absolute Gasteiger partial charge is 0.286 e. The zero-order valence-electron chi connectivity index (χ0n) is 10.2. The fourth-order valence-electron chi connectivity index (χ4n) is 1.63. The van der Waals surface area contributed by atoms with Crippen LogP contribution in [0.4, 0.5) is 0 Å². The van der Waals surface area contributed by atoms with E-state index < -0.39 is 0 Å². The van der Waals surface area contributed by atoms with Crippen LogP contribution in [0.2, 0.25) is 5.15 Å². The molecule has 20 heavy (non-hydrogen) atoms. The fourth-order valence-corrected chi connectivity index (χ4v) is 2.56. The minimum atomic E-state index is -0.284. The molecule has 0 atom stereocenters. The highest BCUT2D eigenvalue weighted by molar-refractivity contribution is 7.99. The Bertz CT molecular complexity index is 784. The lowest BCUT2D eigenvalue weighted by Crippen LogP contribution is -2.14. The van der Waals surface area contributed by atoms with Crippen molar-refractivity contribution in [2.75, 3.05) is 0 Å². The predicted octanol–water partition coefficient (Wildman–Crippen LogP) is 2.76. The smallest absolute Gasteiger partial charge is 0.227 e. The zero-order chi connectivity index (χ0) is 13.9. The standard InChI is InChI=1S/C13H9ClN4OS/c14-11-8-10(19)13(16-15-11)18-7-6-12(17-18)20-9-4-2-1-3-5-9/h1-8H,(H,15,19). The van der Waals surface area contributed by atoms with Gasteiger partial charge in [-0.25, -0.2) is 4.68 Å². The monoisotopic (exact) mass is 304 g/mol. The van der Waals surface area contributed by atoms with Crippen molar-refractivity contribution in [1.82, 2.24) is 20.0 Å². The van der Waals surface area contributed by atoms with Crippen LogP contribution < -0.4 is 5.43 Å². The van der Waals surface area contributed by atoms with Gasteiger partial charge in [-0.2, -0.15) is 10.2 Å². The summed E-state index contributed by atoms with van der Waals surface area (Å²) < 4.78 is 1.43. The maximum Gasteiger partial charge on any atom is 0.227 e. The van der Waals surface area contributed by atoms with Gasteiger partial charge in [-0.3, -0.25) is 9.89 Å². The number of benzene rings is 1. The van der Waals surface area contributed by atoms with E-state index >= 15 is 0 Å². The van der Waals surface area contributed by atoms with E-state index in [1.165, 1.54) is 22.5 Å². The lowest BCUT2D eigenvalue weighted by molar-refractivity contribution is 0.778. The number of H-pyrrole nitrogens is 1. The second kappa shape index (κ2) is 5.52. The first-order valence-corrected chi connectivity index (χ1v) is 6.96. The van der Waals surface area contributed by atoms with E-state index in [2.05, 4.69) is 15.3 Å². The number of aromatic amines is 1. The SMILES string of the molecule is O=c1cc(Cl)[nH]nc1-n1ccc(Sc2ccccc2)n1. The summed E-state index contributed by atoms with van der Waals surface area (Å²) >= 11 is 7.18. The van der Waals surface area contributed by atoms with E-state index in [-0.39, 0.29) is 16.4 Å². The number of nitrogens with one attached hydrogen (secondary N) is 1. The van der Waals surface area contributed by atoms with Crippen molar-refractivity contribution < 1.29 is 0 Å². The molecule has 5 nitrogen and oxygen atoms in total. The second-order valence-corrected chi connectivity index (χ2v) is 5.42. The van der Waals surface area contributed by atoms with Gasteiger partial charge in [0.1, 0.15) is 10.2 Å². The maximum atomic E-state index is 11.8. The molecule has 0 aliphatic heterocycles. The summed E-state index contributed by atoms with van der Waals surface area (Å²) in [5.74, 6) is 0.189. The number of nitrogens with zero attached hydrogens (tertiary/aromatic N) is 3. The zero-order valence-corrected chi connectivity index (χ0v) is 11.7. The predicted molar refractivity (Wildman–Crippen MR) is 77.6 cm³/mol. The van der Waals surface area contributed by atoms with Crippen LogP contribution in [0.25, 0.3) is 5.82 Å². The van der Waals surface area contributed by atoms with E-state index in [1.54, 1.807) is 6.20 Å².